The monoisotopic (exact) mass is 430 g/mol. The Kier molecular flexibility index (Phi) is 4.68. The van der Waals surface area contributed by atoms with Gasteiger partial charge in [-0.15, -0.1) is 0 Å². The predicted octanol–water partition coefficient (Wildman–Crippen LogP) is 3.00. The van der Waals surface area contributed by atoms with Crippen molar-refractivity contribution in [3.05, 3.63) is 59.0 Å². The van der Waals surface area contributed by atoms with Crippen molar-refractivity contribution in [2.45, 2.75) is 31.8 Å². The molecule has 164 valence electrons. The molecule has 1 atom stereocenters. The van der Waals surface area contributed by atoms with Gasteiger partial charge in [0.25, 0.3) is 0 Å². The maximum absolute atomic E-state index is 13.3. The van der Waals surface area contributed by atoms with Crippen LogP contribution in [0.15, 0.2) is 47.5 Å². The Morgan fingerprint density at radius 2 is 2.00 bits per heavy atom. The van der Waals surface area contributed by atoms with Crippen molar-refractivity contribution in [2.24, 2.45) is 5.92 Å². The second kappa shape index (κ2) is 7.70. The Morgan fingerprint density at radius 3 is 2.81 bits per heavy atom. The number of aromatic nitrogens is 5. The second-order valence-electron chi connectivity index (χ2n) is 8.93. The molecule has 1 aliphatic heterocycles. The number of hydrogen-bond donors (Lipinski definition) is 0. The summed E-state index contributed by atoms with van der Waals surface area (Å²) >= 11 is 0. The fourth-order valence-electron chi connectivity index (χ4n) is 4.78. The van der Waals surface area contributed by atoms with Crippen LogP contribution in [0.2, 0.25) is 0 Å². The van der Waals surface area contributed by atoms with Crippen LogP contribution < -0.4 is 10.6 Å². The SMILES string of the molecule is CN(CC1CCOC1)c1nc(Cn2c(=O)n(C3CC3)c3ccncc32)nc2ccccc12. The molecule has 0 spiro atoms. The first-order chi connectivity index (χ1) is 15.7. The average Bonchev–Trinajstić information content (AvgIpc) is 3.44. The number of imidazole rings is 1. The summed E-state index contributed by atoms with van der Waals surface area (Å²) in [5, 5.41) is 1.02. The largest absolute Gasteiger partial charge is 0.381 e. The van der Waals surface area contributed by atoms with E-state index in [0.29, 0.717) is 24.3 Å². The summed E-state index contributed by atoms with van der Waals surface area (Å²) < 4.78 is 9.23. The molecule has 4 heterocycles. The summed E-state index contributed by atoms with van der Waals surface area (Å²) in [5.41, 5.74) is 2.65. The van der Waals surface area contributed by atoms with Crippen molar-refractivity contribution in [1.29, 1.82) is 0 Å². The van der Waals surface area contributed by atoms with E-state index in [1.165, 1.54) is 0 Å². The number of pyridine rings is 1. The van der Waals surface area contributed by atoms with Crippen LogP contribution >= 0.6 is 0 Å². The molecule has 1 saturated carbocycles. The van der Waals surface area contributed by atoms with Crippen LogP contribution in [0.3, 0.4) is 0 Å². The topological polar surface area (TPSA) is 78.1 Å². The normalized spacial score (nSPS) is 18.6. The molecular weight excluding hydrogens is 404 g/mol. The smallest absolute Gasteiger partial charge is 0.329 e. The standard InChI is InChI=1S/C24H26N6O2/c1-28(13-16-9-11-32-15-16)23-18-4-2-3-5-19(18)26-22(27-23)14-29-21-12-25-10-8-20(21)30(24(29)31)17-6-7-17/h2-5,8,10,12,16-17H,6-7,9,11,13-15H2,1H3. The molecule has 2 fully saturated rings. The highest BCUT2D eigenvalue weighted by molar-refractivity contribution is 5.89. The summed E-state index contributed by atoms with van der Waals surface area (Å²) in [6, 6.07) is 10.3. The highest BCUT2D eigenvalue weighted by Gasteiger charge is 2.29. The van der Waals surface area contributed by atoms with E-state index in [0.717, 1.165) is 66.8 Å². The zero-order valence-corrected chi connectivity index (χ0v) is 18.1. The van der Waals surface area contributed by atoms with Crippen LogP contribution in [-0.4, -0.2) is 50.9 Å². The van der Waals surface area contributed by atoms with Crippen LogP contribution in [-0.2, 0) is 11.3 Å². The average molecular weight is 431 g/mol. The first-order valence-corrected chi connectivity index (χ1v) is 11.3. The second-order valence-corrected chi connectivity index (χ2v) is 8.93. The fraction of sp³-hybridized carbons (Fsp3) is 0.417. The van der Waals surface area contributed by atoms with E-state index in [1.807, 2.05) is 28.8 Å². The number of ether oxygens (including phenoxy) is 1. The van der Waals surface area contributed by atoms with Crippen LogP contribution in [0.5, 0.6) is 0 Å². The third-order valence-corrected chi connectivity index (χ3v) is 6.52. The highest BCUT2D eigenvalue weighted by Crippen LogP contribution is 2.36. The molecule has 4 aromatic rings. The minimum absolute atomic E-state index is 0.00901. The van der Waals surface area contributed by atoms with Crippen molar-refractivity contribution in [3.63, 3.8) is 0 Å². The van der Waals surface area contributed by atoms with E-state index >= 15 is 0 Å². The van der Waals surface area contributed by atoms with Crippen LogP contribution in [0.25, 0.3) is 21.9 Å². The van der Waals surface area contributed by atoms with Crippen LogP contribution in [0, 0.1) is 5.92 Å². The first-order valence-electron chi connectivity index (χ1n) is 11.3. The minimum atomic E-state index is -0.00901. The lowest BCUT2D eigenvalue weighted by Gasteiger charge is -2.23. The van der Waals surface area contributed by atoms with Gasteiger partial charge in [0.2, 0.25) is 0 Å². The molecule has 0 N–H and O–H groups in total. The summed E-state index contributed by atoms with van der Waals surface area (Å²) in [5.74, 6) is 2.03. The van der Waals surface area contributed by atoms with Gasteiger partial charge < -0.3 is 9.64 Å². The zero-order chi connectivity index (χ0) is 21.7. The molecule has 8 heteroatoms. The molecule has 3 aromatic heterocycles. The Labute approximate surface area is 185 Å². The molecule has 1 aliphatic carbocycles. The number of hydrogen-bond acceptors (Lipinski definition) is 6. The van der Waals surface area contributed by atoms with Crippen LogP contribution in [0.4, 0.5) is 5.82 Å². The molecule has 8 nitrogen and oxygen atoms in total. The summed E-state index contributed by atoms with van der Waals surface area (Å²) in [4.78, 5) is 29.5. The third-order valence-electron chi connectivity index (χ3n) is 6.52. The van der Waals surface area contributed by atoms with E-state index < -0.39 is 0 Å². The number of anilines is 1. The zero-order valence-electron chi connectivity index (χ0n) is 18.1. The molecular formula is C24H26N6O2. The maximum atomic E-state index is 13.3. The van der Waals surface area contributed by atoms with Crippen molar-refractivity contribution in [3.8, 4) is 0 Å². The van der Waals surface area contributed by atoms with Crippen molar-refractivity contribution < 1.29 is 4.74 Å². The quantitative estimate of drug-likeness (QED) is 0.468. The van der Waals surface area contributed by atoms with E-state index in [-0.39, 0.29) is 5.69 Å². The Hall–Kier alpha value is -3.26. The molecule has 0 amide bonds. The van der Waals surface area contributed by atoms with E-state index in [4.69, 9.17) is 14.7 Å². The van der Waals surface area contributed by atoms with E-state index in [1.54, 1.807) is 17.0 Å². The third kappa shape index (κ3) is 3.35. The maximum Gasteiger partial charge on any atom is 0.329 e. The lowest BCUT2D eigenvalue weighted by molar-refractivity contribution is 0.186. The predicted molar refractivity (Wildman–Crippen MR) is 123 cm³/mol. The molecule has 0 bridgehead atoms. The fourth-order valence-corrected chi connectivity index (χ4v) is 4.78. The van der Waals surface area contributed by atoms with Gasteiger partial charge in [-0.2, -0.15) is 0 Å². The molecule has 1 saturated heterocycles. The molecule has 1 aromatic carbocycles. The lowest BCUT2D eigenvalue weighted by atomic mass is 10.1. The summed E-state index contributed by atoms with van der Waals surface area (Å²) in [7, 11) is 2.08. The van der Waals surface area contributed by atoms with Gasteiger partial charge in [0.15, 0.2) is 5.82 Å². The summed E-state index contributed by atoms with van der Waals surface area (Å²) in [6.45, 7) is 2.82. The van der Waals surface area contributed by atoms with Gasteiger partial charge in [-0.05, 0) is 37.5 Å². The Morgan fingerprint density at radius 1 is 1.12 bits per heavy atom. The summed E-state index contributed by atoms with van der Waals surface area (Å²) in [6.07, 6.45) is 6.69. The minimum Gasteiger partial charge on any atom is -0.381 e. The number of para-hydroxylation sites is 1. The van der Waals surface area contributed by atoms with Crippen molar-refractivity contribution >= 4 is 27.8 Å². The van der Waals surface area contributed by atoms with Gasteiger partial charge in [-0.1, -0.05) is 12.1 Å². The van der Waals surface area contributed by atoms with Gasteiger partial charge in [0.1, 0.15) is 5.82 Å². The number of nitrogens with zero attached hydrogens (tertiary/aromatic N) is 6. The van der Waals surface area contributed by atoms with Gasteiger partial charge >= 0.3 is 5.69 Å². The molecule has 2 aliphatic rings. The van der Waals surface area contributed by atoms with E-state index in [9.17, 15) is 4.79 Å². The Bertz CT molecular complexity index is 1350. The van der Waals surface area contributed by atoms with Gasteiger partial charge in [0, 0.05) is 43.7 Å². The number of rotatable bonds is 6. The van der Waals surface area contributed by atoms with Crippen molar-refractivity contribution in [1.82, 2.24) is 24.1 Å². The molecule has 0 radical (unpaired) electrons. The van der Waals surface area contributed by atoms with Gasteiger partial charge in [0.05, 0.1) is 35.9 Å². The highest BCUT2D eigenvalue weighted by atomic mass is 16.5. The molecule has 32 heavy (non-hydrogen) atoms. The Balaban J connectivity index is 1.42. The van der Waals surface area contributed by atoms with Crippen LogP contribution in [0.1, 0.15) is 31.1 Å². The van der Waals surface area contributed by atoms with Crippen molar-refractivity contribution in [2.75, 3.05) is 31.7 Å². The lowest BCUT2D eigenvalue weighted by Crippen LogP contribution is -2.28. The number of fused-ring (bicyclic) bond motifs is 2. The molecule has 1 unspecified atom stereocenters. The van der Waals surface area contributed by atoms with E-state index in [2.05, 4.69) is 23.0 Å². The first kappa shape index (κ1) is 19.4. The van der Waals surface area contributed by atoms with Gasteiger partial charge in [-0.25, -0.2) is 14.8 Å². The molecule has 6 rings (SSSR count). The van der Waals surface area contributed by atoms with Gasteiger partial charge in [-0.3, -0.25) is 14.1 Å². The number of benzene rings is 1.